The summed E-state index contributed by atoms with van der Waals surface area (Å²) in [5.41, 5.74) is 2.34. The molecule has 166 valence electrons. The van der Waals surface area contributed by atoms with Crippen molar-refractivity contribution < 1.29 is 4.79 Å². The SMILES string of the molecule is Cc1cccc(Cn2cccc(C(=O)N3CCCC(CN4CCC(C)CC4)C3)c2=O)c1. The van der Waals surface area contributed by atoms with Crippen molar-refractivity contribution in [2.24, 2.45) is 11.8 Å². The van der Waals surface area contributed by atoms with Crippen LogP contribution in [0, 0.1) is 18.8 Å². The van der Waals surface area contributed by atoms with E-state index < -0.39 is 0 Å². The maximum atomic E-state index is 13.3. The average Bonchev–Trinajstić information content (AvgIpc) is 2.77. The molecule has 0 radical (unpaired) electrons. The van der Waals surface area contributed by atoms with E-state index in [4.69, 9.17) is 0 Å². The van der Waals surface area contributed by atoms with Crippen molar-refractivity contribution in [1.82, 2.24) is 14.4 Å². The van der Waals surface area contributed by atoms with E-state index >= 15 is 0 Å². The minimum Gasteiger partial charge on any atom is -0.338 e. The summed E-state index contributed by atoms with van der Waals surface area (Å²) in [6.07, 6.45) is 6.52. The summed E-state index contributed by atoms with van der Waals surface area (Å²) in [4.78, 5) is 30.8. The van der Waals surface area contributed by atoms with Gasteiger partial charge in [0.25, 0.3) is 11.5 Å². The molecule has 1 aromatic carbocycles. The normalized spacial score (nSPS) is 20.7. The highest BCUT2D eigenvalue weighted by atomic mass is 16.2. The molecule has 0 saturated carbocycles. The molecule has 0 bridgehead atoms. The Morgan fingerprint density at radius 3 is 2.65 bits per heavy atom. The molecule has 0 aliphatic carbocycles. The highest BCUT2D eigenvalue weighted by molar-refractivity contribution is 5.93. The fraction of sp³-hybridized carbons (Fsp3) is 0.538. The molecule has 3 heterocycles. The van der Waals surface area contributed by atoms with Crippen molar-refractivity contribution in [3.05, 3.63) is 69.6 Å². The van der Waals surface area contributed by atoms with Gasteiger partial charge in [-0.05, 0) is 75.2 Å². The first-order valence-electron chi connectivity index (χ1n) is 11.8. The lowest BCUT2D eigenvalue weighted by Crippen LogP contribution is -2.46. The third kappa shape index (κ3) is 5.45. The number of aromatic nitrogens is 1. The van der Waals surface area contributed by atoms with E-state index in [1.807, 2.05) is 36.1 Å². The molecule has 1 aromatic heterocycles. The number of amides is 1. The van der Waals surface area contributed by atoms with Gasteiger partial charge in [-0.2, -0.15) is 0 Å². The van der Waals surface area contributed by atoms with E-state index in [9.17, 15) is 9.59 Å². The smallest absolute Gasteiger partial charge is 0.263 e. The molecule has 4 rings (SSSR count). The second-order valence-corrected chi connectivity index (χ2v) is 9.59. The van der Waals surface area contributed by atoms with Crippen LogP contribution in [0.5, 0.6) is 0 Å². The van der Waals surface area contributed by atoms with E-state index in [0.29, 0.717) is 18.0 Å². The second-order valence-electron chi connectivity index (χ2n) is 9.59. The van der Waals surface area contributed by atoms with Crippen molar-refractivity contribution in [2.45, 2.75) is 46.1 Å². The zero-order chi connectivity index (χ0) is 21.8. The van der Waals surface area contributed by atoms with Gasteiger partial charge in [0.2, 0.25) is 0 Å². The molecule has 2 saturated heterocycles. The van der Waals surface area contributed by atoms with E-state index in [-0.39, 0.29) is 11.5 Å². The summed E-state index contributed by atoms with van der Waals surface area (Å²) in [5.74, 6) is 1.23. The fourth-order valence-electron chi connectivity index (χ4n) is 5.01. The lowest BCUT2D eigenvalue weighted by molar-refractivity contribution is 0.0620. The Kier molecular flexibility index (Phi) is 6.91. The van der Waals surface area contributed by atoms with Crippen LogP contribution in [0.3, 0.4) is 0 Å². The molecule has 2 fully saturated rings. The van der Waals surface area contributed by atoms with Gasteiger partial charge >= 0.3 is 0 Å². The number of pyridine rings is 1. The van der Waals surface area contributed by atoms with Gasteiger partial charge in [-0.25, -0.2) is 0 Å². The van der Waals surface area contributed by atoms with Crippen molar-refractivity contribution in [1.29, 1.82) is 0 Å². The minimum atomic E-state index is -0.193. The molecule has 5 nitrogen and oxygen atoms in total. The molecule has 2 aliphatic heterocycles. The van der Waals surface area contributed by atoms with Crippen LogP contribution in [0.25, 0.3) is 0 Å². The van der Waals surface area contributed by atoms with E-state index in [2.05, 4.69) is 17.9 Å². The van der Waals surface area contributed by atoms with Crippen LogP contribution in [-0.4, -0.2) is 53.0 Å². The summed E-state index contributed by atoms with van der Waals surface area (Å²) in [6.45, 7) is 9.80. The molecule has 0 spiro atoms. The quantitative estimate of drug-likeness (QED) is 0.738. The highest BCUT2D eigenvalue weighted by Gasteiger charge is 2.28. The predicted molar refractivity (Wildman–Crippen MR) is 124 cm³/mol. The van der Waals surface area contributed by atoms with Crippen LogP contribution in [-0.2, 0) is 6.54 Å². The van der Waals surface area contributed by atoms with Gasteiger partial charge in [0, 0.05) is 25.8 Å². The summed E-state index contributed by atoms with van der Waals surface area (Å²) in [5, 5.41) is 0. The first-order valence-corrected chi connectivity index (χ1v) is 11.8. The number of aryl methyl sites for hydroxylation is 1. The molecule has 1 unspecified atom stereocenters. The van der Waals surface area contributed by atoms with Crippen LogP contribution in [0.2, 0.25) is 0 Å². The van der Waals surface area contributed by atoms with E-state index in [1.165, 1.54) is 37.9 Å². The van der Waals surface area contributed by atoms with Gasteiger partial charge in [0.1, 0.15) is 5.56 Å². The molecule has 1 atom stereocenters. The van der Waals surface area contributed by atoms with E-state index in [1.54, 1.807) is 16.8 Å². The summed E-state index contributed by atoms with van der Waals surface area (Å²) in [6, 6.07) is 11.7. The number of carbonyl (C=O) groups is 1. The lowest BCUT2D eigenvalue weighted by atomic mass is 9.94. The second kappa shape index (κ2) is 9.82. The number of rotatable bonds is 5. The Bertz CT molecular complexity index is 959. The number of hydrogen-bond donors (Lipinski definition) is 0. The molecule has 0 N–H and O–H groups in total. The Morgan fingerprint density at radius 2 is 1.87 bits per heavy atom. The maximum Gasteiger partial charge on any atom is 0.263 e. The Morgan fingerprint density at radius 1 is 1.06 bits per heavy atom. The summed E-state index contributed by atoms with van der Waals surface area (Å²) < 4.78 is 1.65. The molecular weight excluding hydrogens is 386 g/mol. The van der Waals surface area contributed by atoms with Crippen LogP contribution in [0.1, 0.15) is 54.1 Å². The molecular formula is C26H35N3O2. The van der Waals surface area contributed by atoms with Gasteiger partial charge in [-0.1, -0.05) is 36.8 Å². The number of hydrogen-bond acceptors (Lipinski definition) is 3. The standard InChI is InChI=1S/C26H35N3O2/c1-20-10-14-27(15-11-20)17-23-8-4-12-29(19-23)26(31)24-9-5-13-28(25(24)30)18-22-7-3-6-21(2)16-22/h3,5-7,9,13,16,20,23H,4,8,10-12,14-15,17-19H2,1-2H3. The maximum absolute atomic E-state index is 13.3. The zero-order valence-corrected chi connectivity index (χ0v) is 18.9. The van der Waals surface area contributed by atoms with Crippen molar-refractivity contribution in [3.8, 4) is 0 Å². The van der Waals surface area contributed by atoms with Crippen molar-refractivity contribution >= 4 is 5.91 Å². The van der Waals surface area contributed by atoms with Crippen LogP contribution >= 0.6 is 0 Å². The van der Waals surface area contributed by atoms with Gasteiger partial charge in [-0.3, -0.25) is 9.59 Å². The molecule has 31 heavy (non-hydrogen) atoms. The van der Waals surface area contributed by atoms with Gasteiger partial charge in [0.05, 0.1) is 6.54 Å². The van der Waals surface area contributed by atoms with Crippen LogP contribution in [0.4, 0.5) is 0 Å². The molecule has 2 aromatic rings. The fourth-order valence-corrected chi connectivity index (χ4v) is 5.01. The third-order valence-electron chi connectivity index (χ3n) is 6.88. The number of carbonyl (C=O) groups excluding carboxylic acids is 1. The van der Waals surface area contributed by atoms with Crippen molar-refractivity contribution in [2.75, 3.05) is 32.7 Å². The zero-order valence-electron chi connectivity index (χ0n) is 18.9. The number of nitrogens with zero attached hydrogens (tertiary/aromatic N) is 3. The third-order valence-corrected chi connectivity index (χ3v) is 6.88. The Balaban J connectivity index is 1.43. The number of piperidine rings is 2. The van der Waals surface area contributed by atoms with Gasteiger partial charge in [0.15, 0.2) is 0 Å². The minimum absolute atomic E-state index is 0.111. The van der Waals surface area contributed by atoms with Crippen LogP contribution in [0.15, 0.2) is 47.4 Å². The number of benzene rings is 1. The highest BCUT2D eigenvalue weighted by Crippen LogP contribution is 2.22. The van der Waals surface area contributed by atoms with Crippen molar-refractivity contribution in [3.63, 3.8) is 0 Å². The van der Waals surface area contributed by atoms with Gasteiger partial charge in [-0.15, -0.1) is 0 Å². The van der Waals surface area contributed by atoms with E-state index in [0.717, 1.165) is 37.5 Å². The topological polar surface area (TPSA) is 45.6 Å². The average molecular weight is 422 g/mol. The first kappa shape index (κ1) is 21.8. The first-order chi connectivity index (χ1) is 15.0. The van der Waals surface area contributed by atoms with Crippen LogP contribution < -0.4 is 5.56 Å². The molecule has 2 aliphatic rings. The monoisotopic (exact) mass is 421 g/mol. The summed E-state index contributed by atoms with van der Waals surface area (Å²) in [7, 11) is 0. The lowest BCUT2D eigenvalue weighted by Gasteiger charge is -2.37. The number of likely N-dealkylation sites (tertiary alicyclic amines) is 2. The predicted octanol–water partition coefficient (Wildman–Crippen LogP) is 3.79. The molecule has 1 amide bonds. The van der Waals surface area contributed by atoms with Gasteiger partial charge < -0.3 is 14.4 Å². The Hall–Kier alpha value is -2.40. The summed E-state index contributed by atoms with van der Waals surface area (Å²) >= 11 is 0. The Labute approximate surface area is 185 Å². The largest absolute Gasteiger partial charge is 0.338 e. The molecule has 5 heteroatoms.